The van der Waals surface area contributed by atoms with Gasteiger partial charge in [0, 0.05) is 6.61 Å². The summed E-state index contributed by atoms with van der Waals surface area (Å²) >= 11 is 0. The first kappa shape index (κ1) is 24.9. The number of hydrogen-bond acceptors (Lipinski definition) is 3. The maximum Gasteiger partial charge on any atom is 0.120 e. The molecule has 0 N–H and O–H groups in total. The highest BCUT2D eigenvalue weighted by atomic mass is 16.5. The Labute approximate surface area is 199 Å². The minimum atomic E-state index is 0.584. The van der Waals surface area contributed by atoms with Crippen LogP contribution < -0.4 is 9.47 Å². The topological polar surface area (TPSA) is 27.7 Å². The lowest BCUT2D eigenvalue weighted by Gasteiger charge is -2.09. The van der Waals surface area contributed by atoms with Crippen molar-refractivity contribution < 1.29 is 14.2 Å². The lowest BCUT2D eigenvalue weighted by atomic mass is 10.1. The van der Waals surface area contributed by atoms with Gasteiger partial charge in [0.1, 0.15) is 18.1 Å². The van der Waals surface area contributed by atoms with Gasteiger partial charge in [-0.3, -0.25) is 0 Å². The smallest absolute Gasteiger partial charge is 0.120 e. The number of aryl methyl sites for hydroxylation is 1. The van der Waals surface area contributed by atoms with Crippen LogP contribution in [0.4, 0.5) is 0 Å². The first-order valence-corrected chi connectivity index (χ1v) is 12.3. The van der Waals surface area contributed by atoms with Gasteiger partial charge in [0.2, 0.25) is 0 Å². The number of benzene rings is 3. The lowest BCUT2D eigenvalue weighted by molar-refractivity contribution is 0.132. The predicted molar refractivity (Wildman–Crippen MR) is 136 cm³/mol. The molecule has 0 spiro atoms. The first-order chi connectivity index (χ1) is 16.3. The zero-order valence-electron chi connectivity index (χ0n) is 20.0. The largest absolute Gasteiger partial charge is 0.494 e. The average Bonchev–Trinajstić information content (AvgIpc) is 2.86. The molecule has 0 heterocycles. The summed E-state index contributed by atoms with van der Waals surface area (Å²) in [6.45, 7) is 5.17. The fraction of sp³-hybridized carbons (Fsp3) is 0.400. The fourth-order valence-electron chi connectivity index (χ4n) is 3.62. The van der Waals surface area contributed by atoms with Crippen LogP contribution in [0.25, 0.3) is 0 Å². The van der Waals surface area contributed by atoms with Gasteiger partial charge < -0.3 is 14.2 Å². The number of unbranched alkanes of at least 4 members (excludes halogenated alkanes) is 5. The molecule has 0 atom stereocenters. The molecule has 3 aromatic carbocycles. The van der Waals surface area contributed by atoms with E-state index in [1.807, 2.05) is 42.5 Å². The molecule has 176 valence electrons. The standard InChI is InChI=1S/C30H38O3/c1-26-13-15-27(16-14-26)21-24-31-22-9-4-2-3-5-10-23-32-29-17-19-30(20-18-29)33-25-28-11-7-6-8-12-28/h6-8,11-20H,2-5,9-10,21-25H2,1H3. The number of rotatable bonds is 16. The van der Waals surface area contributed by atoms with Crippen molar-refractivity contribution in [1.29, 1.82) is 0 Å². The Kier molecular flexibility index (Phi) is 11.4. The maximum atomic E-state index is 5.86. The van der Waals surface area contributed by atoms with Crippen LogP contribution in [0, 0.1) is 6.92 Å². The quantitative estimate of drug-likeness (QED) is 0.213. The van der Waals surface area contributed by atoms with Crippen LogP contribution in [0.3, 0.4) is 0 Å². The van der Waals surface area contributed by atoms with Crippen molar-refractivity contribution in [3.63, 3.8) is 0 Å². The molecule has 0 aliphatic carbocycles. The molecular weight excluding hydrogens is 408 g/mol. The highest BCUT2D eigenvalue weighted by Gasteiger charge is 1.99. The molecule has 0 saturated heterocycles. The molecule has 0 aliphatic rings. The molecule has 3 rings (SSSR count). The Morgan fingerprint density at radius 2 is 1.12 bits per heavy atom. The van der Waals surface area contributed by atoms with E-state index in [1.54, 1.807) is 0 Å². The Morgan fingerprint density at radius 1 is 0.515 bits per heavy atom. The summed E-state index contributed by atoms with van der Waals surface area (Å²) in [4.78, 5) is 0. The fourth-order valence-corrected chi connectivity index (χ4v) is 3.62. The van der Waals surface area contributed by atoms with Crippen molar-refractivity contribution in [3.05, 3.63) is 95.6 Å². The third-order valence-corrected chi connectivity index (χ3v) is 5.68. The molecule has 0 aliphatic heterocycles. The third-order valence-electron chi connectivity index (χ3n) is 5.68. The van der Waals surface area contributed by atoms with Crippen LogP contribution in [0.1, 0.15) is 55.2 Å². The summed E-state index contributed by atoms with van der Waals surface area (Å²) in [5, 5.41) is 0. The SMILES string of the molecule is Cc1ccc(CCOCCCCCCCCOc2ccc(OCc3ccccc3)cc2)cc1. The molecule has 0 fully saturated rings. The molecule has 0 unspecified atom stereocenters. The van der Waals surface area contributed by atoms with E-state index in [-0.39, 0.29) is 0 Å². The minimum absolute atomic E-state index is 0.584. The molecule has 0 amide bonds. The van der Waals surface area contributed by atoms with Crippen LogP contribution in [-0.2, 0) is 17.8 Å². The van der Waals surface area contributed by atoms with Gasteiger partial charge in [0.05, 0.1) is 13.2 Å². The normalized spacial score (nSPS) is 10.8. The number of hydrogen-bond donors (Lipinski definition) is 0. The minimum Gasteiger partial charge on any atom is -0.494 e. The van der Waals surface area contributed by atoms with Crippen molar-refractivity contribution >= 4 is 0 Å². The molecule has 3 heteroatoms. The van der Waals surface area contributed by atoms with Gasteiger partial charge in [-0.2, -0.15) is 0 Å². The van der Waals surface area contributed by atoms with Crippen LogP contribution in [-0.4, -0.2) is 19.8 Å². The van der Waals surface area contributed by atoms with Gasteiger partial charge in [0.25, 0.3) is 0 Å². The number of ether oxygens (including phenoxy) is 3. The van der Waals surface area contributed by atoms with E-state index in [0.29, 0.717) is 6.61 Å². The molecule has 0 saturated carbocycles. The summed E-state index contributed by atoms with van der Waals surface area (Å²) in [5.74, 6) is 1.77. The van der Waals surface area contributed by atoms with Crippen molar-refractivity contribution in [2.24, 2.45) is 0 Å². The molecule has 0 radical (unpaired) electrons. The molecule has 3 nitrogen and oxygen atoms in total. The molecular formula is C30H38O3. The van der Waals surface area contributed by atoms with E-state index < -0.39 is 0 Å². The van der Waals surface area contributed by atoms with Crippen LogP contribution in [0.15, 0.2) is 78.9 Å². The molecule has 33 heavy (non-hydrogen) atoms. The third kappa shape index (κ3) is 10.6. The van der Waals surface area contributed by atoms with Gasteiger partial charge in [-0.25, -0.2) is 0 Å². The van der Waals surface area contributed by atoms with Crippen LogP contribution >= 0.6 is 0 Å². The zero-order chi connectivity index (χ0) is 23.0. The second-order valence-electron chi connectivity index (χ2n) is 8.56. The van der Waals surface area contributed by atoms with Crippen LogP contribution in [0.5, 0.6) is 11.5 Å². The molecule has 0 aromatic heterocycles. The molecule has 0 bridgehead atoms. The first-order valence-electron chi connectivity index (χ1n) is 12.3. The van der Waals surface area contributed by atoms with Gasteiger partial charge >= 0.3 is 0 Å². The monoisotopic (exact) mass is 446 g/mol. The Morgan fingerprint density at radius 3 is 1.82 bits per heavy atom. The van der Waals surface area contributed by atoms with E-state index in [4.69, 9.17) is 14.2 Å². The zero-order valence-corrected chi connectivity index (χ0v) is 20.0. The van der Waals surface area contributed by atoms with Crippen molar-refractivity contribution in [2.45, 2.75) is 58.5 Å². The maximum absolute atomic E-state index is 5.86. The Balaban J connectivity index is 1.12. The van der Waals surface area contributed by atoms with Gasteiger partial charge in [-0.1, -0.05) is 85.8 Å². The second-order valence-corrected chi connectivity index (χ2v) is 8.56. The lowest BCUT2D eigenvalue weighted by Crippen LogP contribution is -2.00. The predicted octanol–water partition coefficient (Wildman–Crippen LogP) is 7.55. The average molecular weight is 447 g/mol. The highest BCUT2D eigenvalue weighted by Crippen LogP contribution is 2.19. The van der Waals surface area contributed by atoms with Gasteiger partial charge in [-0.05, 0) is 61.6 Å². The van der Waals surface area contributed by atoms with E-state index in [1.165, 1.54) is 42.4 Å². The summed E-state index contributed by atoms with van der Waals surface area (Å²) in [6.07, 6.45) is 8.25. The highest BCUT2D eigenvalue weighted by molar-refractivity contribution is 5.31. The van der Waals surface area contributed by atoms with Crippen molar-refractivity contribution in [1.82, 2.24) is 0 Å². The van der Waals surface area contributed by atoms with Crippen LogP contribution in [0.2, 0.25) is 0 Å². The molecule has 3 aromatic rings. The van der Waals surface area contributed by atoms with E-state index in [2.05, 4.69) is 43.3 Å². The second kappa shape index (κ2) is 15.1. The van der Waals surface area contributed by atoms with E-state index >= 15 is 0 Å². The summed E-state index contributed by atoms with van der Waals surface area (Å²) in [7, 11) is 0. The van der Waals surface area contributed by atoms with Gasteiger partial charge in [0.15, 0.2) is 0 Å². The van der Waals surface area contributed by atoms with Gasteiger partial charge in [-0.15, -0.1) is 0 Å². The van der Waals surface area contributed by atoms with Crippen molar-refractivity contribution in [2.75, 3.05) is 19.8 Å². The Hall–Kier alpha value is -2.78. The summed E-state index contributed by atoms with van der Waals surface area (Å²) in [6, 6.07) is 26.8. The summed E-state index contributed by atoms with van der Waals surface area (Å²) < 4.78 is 17.5. The van der Waals surface area contributed by atoms with Crippen molar-refractivity contribution in [3.8, 4) is 11.5 Å². The Bertz CT molecular complexity index is 873. The van der Waals surface area contributed by atoms with E-state index in [9.17, 15) is 0 Å². The summed E-state index contributed by atoms with van der Waals surface area (Å²) in [5.41, 5.74) is 3.84. The van der Waals surface area contributed by atoms with E-state index in [0.717, 1.165) is 50.6 Å².